The smallest absolute Gasteiger partial charge is 0.282 e. The first-order valence-electron chi connectivity index (χ1n) is 7.79. The summed E-state index contributed by atoms with van der Waals surface area (Å²) in [7, 11) is 0. The van der Waals surface area contributed by atoms with Crippen LogP contribution in [0.5, 0.6) is 0 Å². The molecular formula is C16H22F3N2O+. The molecule has 0 aliphatic carbocycles. The van der Waals surface area contributed by atoms with Crippen LogP contribution in [0, 0.1) is 17.5 Å². The van der Waals surface area contributed by atoms with Crippen LogP contribution in [-0.2, 0) is 4.79 Å². The lowest BCUT2D eigenvalue weighted by Crippen LogP contribution is -3.16. The van der Waals surface area contributed by atoms with Crippen molar-refractivity contribution < 1.29 is 22.9 Å². The van der Waals surface area contributed by atoms with Crippen LogP contribution in [0.3, 0.4) is 0 Å². The van der Waals surface area contributed by atoms with Gasteiger partial charge in [-0.25, -0.2) is 13.2 Å². The van der Waals surface area contributed by atoms with Crippen LogP contribution in [-0.4, -0.2) is 25.0 Å². The Labute approximate surface area is 128 Å². The lowest BCUT2D eigenvalue weighted by Gasteiger charge is -2.27. The molecule has 6 heteroatoms. The van der Waals surface area contributed by atoms with Crippen molar-refractivity contribution in [2.45, 2.75) is 45.1 Å². The van der Waals surface area contributed by atoms with E-state index in [1.165, 1.54) is 6.42 Å². The standard InChI is InChI=1S/C16H21F3N2O/c1-11(21-9-5-3-2-4-6-10-21)16(22)20-13-8-7-12(17)14(18)15(13)19/h7-8,11H,2-6,9-10H2,1H3,(H,20,22)/p+1/t11-/m1/s1. The van der Waals surface area contributed by atoms with Gasteiger partial charge in [0.05, 0.1) is 18.8 Å². The molecule has 0 aromatic heterocycles. The van der Waals surface area contributed by atoms with Crippen molar-refractivity contribution in [2.24, 2.45) is 0 Å². The summed E-state index contributed by atoms with van der Waals surface area (Å²) in [6, 6.07) is 1.49. The van der Waals surface area contributed by atoms with Crippen LogP contribution in [0.1, 0.15) is 39.0 Å². The topological polar surface area (TPSA) is 33.5 Å². The number of amides is 1. The highest BCUT2D eigenvalue weighted by molar-refractivity contribution is 5.93. The van der Waals surface area contributed by atoms with E-state index in [1.54, 1.807) is 6.92 Å². The maximum atomic E-state index is 13.6. The summed E-state index contributed by atoms with van der Waals surface area (Å²) in [6.07, 6.45) is 5.68. The number of halogens is 3. The SMILES string of the molecule is C[C@H](C(=O)Nc1ccc(F)c(F)c1F)[NH+]1CCCCCCC1. The first kappa shape index (κ1) is 16.8. The molecule has 0 unspecified atom stereocenters. The minimum atomic E-state index is -1.57. The van der Waals surface area contributed by atoms with E-state index >= 15 is 0 Å². The van der Waals surface area contributed by atoms with Crippen molar-refractivity contribution in [3.05, 3.63) is 29.6 Å². The Morgan fingerprint density at radius 1 is 1.05 bits per heavy atom. The summed E-state index contributed by atoms with van der Waals surface area (Å²) >= 11 is 0. The van der Waals surface area contributed by atoms with Gasteiger partial charge in [-0.3, -0.25) is 4.79 Å². The maximum Gasteiger partial charge on any atom is 0.282 e. The molecule has 0 spiro atoms. The van der Waals surface area contributed by atoms with E-state index in [2.05, 4.69) is 5.32 Å². The Kier molecular flexibility index (Phi) is 5.83. The molecule has 1 aliphatic rings. The number of benzene rings is 1. The van der Waals surface area contributed by atoms with Crippen LogP contribution in [0.2, 0.25) is 0 Å². The molecule has 1 heterocycles. The Balaban J connectivity index is 2.03. The fourth-order valence-electron chi connectivity index (χ4n) is 2.84. The maximum absolute atomic E-state index is 13.6. The zero-order valence-corrected chi connectivity index (χ0v) is 12.7. The Bertz CT molecular complexity index is 528. The largest absolute Gasteiger partial charge is 0.325 e. The van der Waals surface area contributed by atoms with E-state index in [4.69, 9.17) is 0 Å². The molecule has 1 aromatic carbocycles. The summed E-state index contributed by atoms with van der Waals surface area (Å²) in [5.74, 6) is -4.56. The van der Waals surface area contributed by atoms with Gasteiger partial charge in [-0.2, -0.15) is 0 Å². The van der Waals surface area contributed by atoms with Gasteiger partial charge in [0.15, 0.2) is 23.5 Å². The lowest BCUT2D eigenvalue weighted by atomic mass is 10.1. The third-order valence-electron chi connectivity index (χ3n) is 4.29. The van der Waals surface area contributed by atoms with Crippen molar-refractivity contribution in [3.8, 4) is 0 Å². The fraction of sp³-hybridized carbons (Fsp3) is 0.562. The molecule has 0 radical (unpaired) electrons. The number of likely N-dealkylation sites (tertiary alicyclic amines) is 1. The fourth-order valence-corrected chi connectivity index (χ4v) is 2.84. The average molecular weight is 315 g/mol. The highest BCUT2D eigenvalue weighted by atomic mass is 19.2. The Morgan fingerprint density at radius 3 is 2.27 bits per heavy atom. The molecule has 1 amide bonds. The number of rotatable bonds is 3. The van der Waals surface area contributed by atoms with Crippen LogP contribution < -0.4 is 10.2 Å². The summed E-state index contributed by atoms with van der Waals surface area (Å²) in [6.45, 7) is 3.58. The van der Waals surface area contributed by atoms with E-state index in [0.717, 1.165) is 55.8 Å². The molecule has 2 rings (SSSR count). The number of hydrogen-bond acceptors (Lipinski definition) is 1. The number of carbonyl (C=O) groups excluding carboxylic acids is 1. The van der Waals surface area contributed by atoms with Gasteiger partial charge in [0.1, 0.15) is 0 Å². The Morgan fingerprint density at radius 2 is 1.64 bits per heavy atom. The molecule has 1 saturated heterocycles. The van der Waals surface area contributed by atoms with E-state index in [-0.39, 0.29) is 17.6 Å². The molecule has 122 valence electrons. The molecular weight excluding hydrogens is 293 g/mol. The van der Waals surface area contributed by atoms with Crippen LogP contribution in [0.4, 0.5) is 18.9 Å². The van der Waals surface area contributed by atoms with Gasteiger partial charge >= 0.3 is 0 Å². The van der Waals surface area contributed by atoms with Gasteiger partial charge in [0.25, 0.3) is 5.91 Å². The minimum Gasteiger partial charge on any atom is -0.325 e. The zero-order valence-electron chi connectivity index (χ0n) is 12.7. The van der Waals surface area contributed by atoms with E-state index in [1.807, 2.05) is 0 Å². The van der Waals surface area contributed by atoms with Gasteiger partial charge in [0.2, 0.25) is 0 Å². The van der Waals surface area contributed by atoms with Crippen molar-refractivity contribution in [2.75, 3.05) is 18.4 Å². The van der Waals surface area contributed by atoms with Crippen LogP contribution >= 0.6 is 0 Å². The molecule has 0 saturated carbocycles. The van der Waals surface area contributed by atoms with Gasteiger partial charge in [-0.15, -0.1) is 0 Å². The number of anilines is 1. The van der Waals surface area contributed by atoms with Gasteiger partial charge < -0.3 is 10.2 Å². The number of nitrogens with one attached hydrogen (secondary N) is 2. The number of carbonyl (C=O) groups is 1. The number of hydrogen-bond donors (Lipinski definition) is 2. The summed E-state index contributed by atoms with van der Waals surface area (Å²) in [4.78, 5) is 13.4. The molecule has 2 N–H and O–H groups in total. The van der Waals surface area contributed by atoms with Gasteiger partial charge in [-0.1, -0.05) is 6.42 Å². The Hall–Kier alpha value is -1.56. The summed E-state index contributed by atoms with van der Waals surface area (Å²) < 4.78 is 39.7. The molecule has 0 bridgehead atoms. The highest BCUT2D eigenvalue weighted by Gasteiger charge is 2.26. The third-order valence-corrected chi connectivity index (χ3v) is 4.29. The lowest BCUT2D eigenvalue weighted by molar-refractivity contribution is -0.914. The second-order valence-electron chi connectivity index (χ2n) is 5.86. The summed E-state index contributed by atoms with van der Waals surface area (Å²) in [5.41, 5.74) is -0.317. The molecule has 1 atom stereocenters. The summed E-state index contributed by atoms with van der Waals surface area (Å²) in [5, 5.41) is 2.37. The second-order valence-corrected chi connectivity index (χ2v) is 5.86. The zero-order chi connectivity index (χ0) is 16.1. The van der Waals surface area contributed by atoms with Gasteiger partial charge in [-0.05, 0) is 44.7 Å². The van der Waals surface area contributed by atoms with Crippen molar-refractivity contribution in [1.82, 2.24) is 0 Å². The first-order valence-corrected chi connectivity index (χ1v) is 7.79. The van der Waals surface area contributed by atoms with E-state index in [0.29, 0.717) is 0 Å². The van der Waals surface area contributed by atoms with Crippen LogP contribution in [0.25, 0.3) is 0 Å². The first-order chi connectivity index (χ1) is 10.5. The predicted molar refractivity (Wildman–Crippen MR) is 78.2 cm³/mol. The monoisotopic (exact) mass is 315 g/mol. The molecule has 1 aromatic rings. The number of quaternary nitrogens is 1. The van der Waals surface area contributed by atoms with E-state index in [9.17, 15) is 18.0 Å². The van der Waals surface area contributed by atoms with E-state index < -0.39 is 17.5 Å². The minimum absolute atomic E-state index is 0.317. The van der Waals surface area contributed by atoms with Crippen molar-refractivity contribution in [3.63, 3.8) is 0 Å². The molecule has 1 aliphatic heterocycles. The van der Waals surface area contributed by atoms with Crippen molar-refractivity contribution in [1.29, 1.82) is 0 Å². The predicted octanol–water partition coefficient (Wildman–Crippen LogP) is 2.28. The quantitative estimate of drug-likeness (QED) is 0.825. The average Bonchev–Trinajstić information content (AvgIpc) is 2.47. The molecule has 22 heavy (non-hydrogen) atoms. The highest BCUT2D eigenvalue weighted by Crippen LogP contribution is 2.19. The third kappa shape index (κ3) is 4.00. The molecule has 3 nitrogen and oxygen atoms in total. The normalized spacial score (nSPS) is 18.4. The molecule has 1 fully saturated rings. The van der Waals surface area contributed by atoms with Crippen LogP contribution in [0.15, 0.2) is 12.1 Å². The van der Waals surface area contributed by atoms with Gasteiger partial charge in [0, 0.05) is 0 Å². The van der Waals surface area contributed by atoms with Crippen molar-refractivity contribution >= 4 is 11.6 Å². The second kappa shape index (κ2) is 7.63.